The first-order valence-electron chi connectivity index (χ1n) is 9.89. The van der Waals surface area contributed by atoms with Crippen LogP contribution in [0.25, 0.3) is 0 Å². The quantitative estimate of drug-likeness (QED) is 0.383. The van der Waals surface area contributed by atoms with E-state index in [2.05, 4.69) is 13.5 Å². The predicted octanol–water partition coefficient (Wildman–Crippen LogP) is 5.38. The van der Waals surface area contributed by atoms with Crippen molar-refractivity contribution in [2.24, 2.45) is 0 Å². The average molecular weight is 380 g/mol. The van der Waals surface area contributed by atoms with E-state index >= 15 is 0 Å². The lowest BCUT2D eigenvalue weighted by molar-refractivity contribution is -0.0866. The fraction of sp³-hybridized carbons (Fsp3) is 0.619. The molecule has 1 aliphatic heterocycles. The summed E-state index contributed by atoms with van der Waals surface area (Å²) in [5.74, 6) is 0. The van der Waals surface area contributed by atoms with Gasteiger partial charge in [-0.25, -0.2) is 8.42 Å². The highest BCUT2D eigenvalue weighted by atomic mass is 32.2. The maximum Gasteiger partial charge on any atom is 0.265 e. The summed E-state index contributed by atoms with van der Waals surface area (Å²) in [6.07, 6.45) is 11.9. The minimum atomic E-state index is -3.66. The topological polar surface area (TPSA) is 46.6 Å². The lowest BCUT2D eigenvalue weighted by atomic mass is 10.0. The number of sulfonamides is 1. The summed E-state index contributed by atoms with van der Waals surface area (Å²) in [6, 6.07) is 6.59. The molecule has 4 nitrogen and oxygen atoms in total. The zero-order valence-electron chi connectivity index (χ0n) is 16.2. The van der Waals surface area contributed by atoms with Crippen LogP contribution in [-0.2, 0) is 14.9 Å². The Morgan fingerprint density at radius 3 is 2.35 bits per heavy atom. The van der Waals surface area contributed by atoms with Crippen LogP contribution in [0, 0.1) is 6.92 Å². The van der Waals surface area contributed by atoms with Gasteiger partial charge in [-0.2, -0.15) is 0 Å². The van der Waals surface area contributed by atoms with E-state index in [9.17, 15) is 8.42 Å². The number of nitrogens with zero attached hydrogens (tertiary/aromatic N) is 1. The number of aryl methyl sites for hydroxylation is 1. The van der Waals surface area contributed by atoms with Gasteiger partial charge in [-0.3, -0.25) is 4.84 Å². The molecule has 1 aromatic carbocycles. The third-order valence-corrected chi connectivity index (χ3v) is 6.68. The molecule has 0 aliphatic carbocycles. The Balaban J connectivity index is 1.88. The van der Waals surface area contributed by atoms with Crippen molar-refractivity contribution in [3.63, 3.8) is 0 Å². The number of hydrogen-bond donors (Lipinski definition) is 0. The largest absolute Gasteiger partial charge is 0.280 e. The van der Waals surface area contributed by atoms with Crippen molar-refractivity contribution in [2.45, 2.75) is 88.7 Å². The highest BCUT2D eigenvalue weighted by molar-refractivity contribution is 7.89. The minimum absolute atomic E-state index is 0.0473. The molecular weight excluding hydrogens is 346 g/mol. The molecule has 0 amide bonds. The van der Waals surface area contributed by atoms with E-state index in [1.165, 1.54) is 38.5 Å². The molecule has 146 valence electrons. The molecule has 1 heterocycles. The SMILES string of the molecule is C=CC1CC(CCCCCCCCC)ON1S(=O)(=O)c1ccc(C)cc1. The van der Waals surface area contributed by atoms with Crippen molar-refractivity contribution in [3.05, 3.63) is 42.5 Å². The molecule has 0 saturated carbocycles. The summed E-state index contributed by atoms with van der Waals surface area (Å²) in [4.78, 5) is 6.10. The molecule has 0 bridgehead atoms. The lowest BCUT2D eigenvalue weighted by Gasteiger charge is -2.20. The molecule has 0 radical (unpaired) electrons. The number of rotatable bonds is 11. The Labute approximate surface area is 159 Å². The van der Waals surface area contributed by atoms with Crippen LogP contribution in [0.2, 0.25) is 0 Å². The van der Waals surface area contributed by atoms with Gasteiger partial charge in [-0.15, -0.1) is 6.58 Å². The molecule has 5 heteroatoms. The second-order valence-corrected chi connectivity index (χ2v) is 9.03. The van der Waals surface area contributed by atoms with Crippen LogP contribution < -0.4 is 0 Å². The molecule has 2 rings (SSSR count). The van der Waals surface area contributed by atoms with Crippen LogP contribution in [0.3, 0.4) is 0 Å². The van der Waals surface area contributed by atoms with Gasteiger partial charge in [0.05, 0.1) is 17.0 Å². The van der Waals surface area contributed by atoms with Crippen molar-refractivity contribution < 1.29 is 13.3 Å². The van der Waals surface area contributed by atoms with Crippen molar-refractivity contribution >= 4 is 10.0 Å². The van der Waals surface area contributed by atoms with Gasteiger partial charge in [-0.1, -0.05) is 80.1 Å². The fourth-order valence-corrected chi connectivity index (χ4v) is 4.81. The van der Waals surface area contributed by atoms with Crippen LogP contribution in [0.15, 0.2) is 41.8 Å². The fourth-order valence-electron chi connectivity index (χ4n) is 3.35. The Morgan fingerprint density at radius 2 is 1.73 bits per heavy atom. The highest BCUT2D eigenvalue weighted by Gasteiger charge is 2.40. The van der Waals surface area contributed by atoms with Crippen molar-refractivity contribution in [3.8, 4) is 0 Å². The average Bonchev–Trinajstić information content (AvgIpc) is 3.05. The Kier molecular flexibility index (Phi) is 8.32. The van der Waals surface area contributed by atoms with Crippen LogP contribution in [-0.4, -0.2) is 25.0 Å². The molecular formula is C21H33NO3S. The molecule has 0 spiro atoms. The number of hydrogen-bond acceptors (Lipinski definition) is 3. The van der Waals surface area contributed by atoms with Crippen LogP contribution in [0.4, 0.5) is 0 Å². The molecule has 0 N–H and O–H groups in total. The molecule has 2 atom stereocenters. The summed E-state index contributed by atoms with van der Waals surface area (Å²) < 4.78 is 26.9. The second-order valence-electron chi connectivity index (χ2n) is 7.25. The zero-order chi connectivity index (χ0) is 19.0. The molecule has 2 unspecified atom stereocenters. The molecule has 1 saturated heterocycles. The van der Waals surface area contributed by atoms with Crippen LogP contribution in [0.1, 0.15) is 70.3 Å². The first-order valence-corrected chi connectivity index (χ1v) is 11.3. The summed E-state index contributed by atoms with van der Waals surface area (Å²) in [5.41, 5.74) is 1.03. The van der Waals surface area contributed by atoms with Crippen LogP contribution >= 0.6 is 0 Å². The van der Waals surface area contributed by atoms with Gasteiger partial charge in [-0.05, 0) is 31.9 Å². The van der Waals surface area contributed by atoms with E-state index in [0.717, 1.165) is 22.9 Å². The van der Waals surface area contributed by atoms with E-state index in [1.807, 2.05) is 19.1 Å². The Bertz CT molecular complexity index is 654. The van der Waals surface area contributed by atoms with E-state index < -0.39 is 10.0 Å². The smallest absolute Gasteiger partial charge is 0.265 e. The molecule has 26 heavy (non-hydrogen) atoms. The Morgan fingerprint density at radius 1 is 1.12 bits per heavy atom. The molecule has 1 aliphatic rings. The monoisotopic (exact) mass is 379 g/mol. The van der Waals surface area contributed by atoms with Crippen LogP contribution in [0.5, 0.6) is 0 Å². The van der Waals surface area contributed by atoms with Gasteiger partial charge in [0.15, 0.2) is 0 Å². The summed E-state index contributed by atoms with van der Waals surface area (Å²) in [7, 11) is -3.66. The standard InChI is InChI=1S/C21H33NO3S/c1-4-6-7-8-9-10-11-12-20-17-19(5-2)22(25-20)26(23,24)21-15-13-18(3)14-16-21/h5,13-16,19-20H,2,4,6-12,17H2,1,3H3. The van der Waals surface area contributed by atoms with Crippen molar-refractivity contribution in [1.29, 1.82) is 0 Å². The Hall–Kier alpha value is -1.17. The van der Waals surface area contributed by atoms with Crippen molar-refractivity contribution in [2.75, 3.05) is 0 Å². The molecule has 1 aromatic rings. The van der Waals surface area contributed by atoms with E-state index in [4.69, 9.17) is 4.84 Å². The van der Waals surface area contributed by atoms with E-state index in [0.29, 0.717) is 6.42 Å². The van der Waals surface area contributed by atoms with E-state index in [1.54, 1.807) is 18.2 Å². The normalized spacial score (nSPS) is 21.2. The zero-order valence-corrected chi connectivity index (χ0v) is 17.0. The molecule has 1 fully saturated rings. The summed E-state index contributed by atoms with van der Waals surface area (Å²) in [5, 5.41) is 0. The minimum Gasteiger partial charge on any atom is -0.280 e. The number of unbranched alkanes of at least 4 members (excludes halogenated alkanes) is 6. The molecule has 0 aromatic heterocycles. The third kappa shape index (κ3) is 5.66. The van der Waals surface area contributed by atoms with Gasteiger partial charge in [0.25, 0.3) is 10.0 Å². The third-order valence-electron chi connectivity index (χ3n) is 4.99. The highest BCUT2D eigenvalue weighted by Crippen LogP contribution is 2.31. The van der Waals surface area contributed by atoms with Gasteiger partial charge in [0.2, 0.25) is 0 Å². The maximum atomic E-state index is 12.9. The van der Waals surface area contributed by atoms with Gasteiger partial charge in [0.1, 0.15) is 0 Å². The number of hydroxylamine groups is 1. The lowest BCUT2D eigenvalue weighted by Crippen LogP contribution is -2.33. The van der Waals surface area contributed by atoms with Crippen molar-refractivity contribution in [1.82, 2.24) is 4.47 Å². The summed E-state index contributed by atoms with van der Waals surface area (Å²) >= 11 is 0. The van der Waals surface area contributed by atoms with Gasteiger partial charge in [0, 0.05) is 0 Å². The predicted molar refractivity (Wildman–Crippen MR) is 106 cm³/mol. The van der Waals surface area contributed by atoms with Gasteiger partial charge >= 0.3 is 0 Å². The maximum absolute atomic E-state index is 12.9. The number of benzene rings is 1. The van der Waals surface area contributed by atoms with Gasteiger partial charge < -0.3 is 0 Å². The second kappa shape index (κ2) is 10.2. The summed E-state index contributed by atoms with van der Waals surface area (Å²) in [6.45, 7) is 7.96. The van der Waals surface area contributed by atoms with E-state index in [-0.39, 0.29) is 17.0 Å². The first kappa shape index (κ1) is 21.1. The first-order chi connectivity index (χ1) is 12.5.